The lowest BCUT2D eigenvalue weighted by molar-refractivity contribution is 0.988. The summed E-state index contributed by atoms with van der Waals surface area (Å²) in [5.74, 6) is 5.83. The van der Waals surface area contributed by atoms with Crippen LogP contribution in [0.4, 0.5) is 5.95 Å². The second-order valence-electron chi connectivity index (χ2n) is 2.95. The summed E-state index contributed by atoms with van der Waals surface area (Å²) in [6.07, 6.45) is 2.95. The topological polar surface area (TPSA) is 81.1 Å². The molecule has 0 saturated heterocycles. The Morgan fingerprint density at radius 3 is 2.82 bits per heavy atom. The molecule has 0 spiro atoms. The van der Waals surface area contributed by atoms with E-state index in [2.05, 4.69) is 20.7 Å². The van der Waals surface area contributed by atoms with Gasteiger partial charge in [0.1, 0.15) is 6.33 Å². The minimum absolute atomic E-state index is 0. The van der Waals surface area contributed by atoms with Crippen molar-refractivity contribution in [1.29, 1.82) is 0 Å². The van der Waals surface area contributed by atoms with E-state index in [-0.39, 0.29) is 12.4 Å². The molecular formula is C9H10Cl2N6. The Kier molecular flexibility index (Phi) is 4.74. The summed E-state index contributed by atoms with van der Waals surface area (Å²) >= 11 is 5.94. The first kappa shape index (κ1) is 13.3. The fraction of sp³-hybridized carbons (Fsp3) is 0. The molecule has 0 unspecified atom stereocenters. The van der Waals surface area contributed by atoms with Crippen molar-refractivity contribution >= 4 is 36.2 Å². The van der Waals surface area contributed by atoms with E-state index in [9.17, 15) is 0 Å². The van der Waals surface area contributed by atoms with Crippen LogP contribution in [-0.4, -0.2) is 21.1 Å². The van der Waals surface area contributed by atoms with Crippen molar-refractivity contribution in [1.82, 2.24) is 14.9 Å². The zero-order valence-electron chi connectivity index (χ0n) is 8.62. The Hall–Kier alpha value is -1.79. The fourth-order valence-electron chi connectivity index (χ4n) is 1.06. The van der Waals surface area contributed by atoms with Gasteiger partial charge in [0.25, 0.3) is 5.95 Å². The van der Waals surface area contributed by atoms with Gasteiger partial charge in [-0.3, -0.25) is 0 Å². The first-order chi connectivity index (χ1) is 7.77. The molecular weight excluding hydrogens is 263 g/mol. The van der Waals surface area contributed by atoms with E-state index in [1.807, 2.05) is 18.2 Å². The number of anilines is 1. The summed E-state index contributed by atoms with van der Waals surface area (Å²) in [6.45, 7) is 0. The molecule has 0 atom stereocenters. The molecule has 0 fully saturated rings. The second-order valence-corrected chi connectivity index (χ2v) is 3.36. The molecule has 2 rings (SSSR count). The highest BCUT2D eigenvalue weighted by Gasteiger charge is 1.97. The Morgan fingerprint density at radius 2 is 2.18 bits per heavy atom. The van der Waals surface area contributed by atoms with Crippen LogP contribution in [0.1, 0.15) is 5.56 Å². The number of nitrogens with zero attached hydrogens (tertiary/aromatic N) is 4. The molecule has 0 bridgehead atoms. The van der Waals surface area contributed by atoms with Crippen molar-refractivity contribution in [2.75, 3.05) is 11.3 Å². The Balaban J connectivity index is 0.00000144. The van der Waals surface area contributed by atoms with Crippen LogP contribution in [0.3, 0.4) is 0 Å². The van der Waals surface area contributed by atoms with Crippen LogP contribution in [0.5, 0.6) is 0 Å². The highest BCUT2D eigenvalue weighted by atomic mass is 35.5. The van der Waals surface area contributed by atoms with Crippen molar-refractivity contribution in [3.05, 3.63) is 41.2 Å². The first-order valence-electron chi connectivity index (χ1n) is 4.46. The average Bonchev–Trinajstić information content (AvgIpc) is 2.67. The van der Waals surface area contributed by atoms with E-state index in [1.165, 1.54) is 11.0 Å². The standard InChI is InChI=1S/C9H9ClN6.ClH/c10-8-4-2-1-3-7(8)5-12-14-9-15-13-6-16(9)11;/h1-6H,11H2,(H,14,15);1H/b12-5+;. The number of hydrazone groups is 1. The maximum Gasteiger partial charge on any atom is 0.263 e. The van der Waals surface area contributed by atoms with Gasteiger partial charge in [-0.05, 0) is 6.07 Å². The highest BCUT2D eigenvalue weighted by Crippen LogP contribution is 2.12. The van der Waals surface area contributed by atoms with Gasteiger partial charge in [-0.2, -0.15) is 5.10 Å². The molecule has 0 aliphatic carbocycles. The van der Waals surface area contributed by atoms with E-state index in [0.717, 1.165) is 5.56 Å². The molecule has 1 heterocycles. The highest BCUT2D eigenvalue weighted by molar-refractivity contribution is 6.33. The van der Waals surface area contributed by atoms with Gasteiger partial charge >= 0.3 is 0 Å². The quantitative estimate of drug-likeness (QED) is 0.504. The molecule has 6 nitrogen and oxygen atoms in total. The van der Waals surface area contributed by atoms with Crippen LogP contribution in [-0.2, 0) is 0 Å². The molecule has 8 heteroatoms. The molecule has 17 heavy (non-hydrogen) atoms. The Bertz CT molecular complexity index is 510. The zero-order valence-corrected chi connectivity index (χ0v) is 10.2. The van der Waals surface area contributed by atoms with E-state index in [1.54, 1.807) is 12.3 Å². The van der Waals surface area contributed by atoms with Crippen molar-refractivity contribution in [3.63, 3.8) is 0 Å². The first-order valence-corrected chi connectivity index (χ1v) is 4.84. The van der Waals surface area contributed by atoms with E-state index in [4.69, 9.17) is 17.4 Å². The molecule has 0 saturated carbocycles. The third kappa shape index (κ3) is 3.33. The summed E-state index contributed by atoms with van der Waals surface area (Å²) < 4.78 is 1.23. The molecule has 0 radical (unpaired) electrons. The summed E-state index contributed by atoms with van der Waals surface area (Å²) in [5.41, 5.74) is 3.45. The summed E-state index contributed by atoms with van der Waals surface area (Å²) in [5, 5.41) is 11.9. The second kappa shape index (κ2) is 6.07. The van der Waals surface area contributed by atoms with E-state index < -0.39 is 0 Å². The Labute approximate surface area is 109 Å². The number of rotatable bonds is 3. The number of halogens is 2. The smallest absolute Gasteiger partial charge is 0.263 e. The number of hydrogen-bond acceptors (Lipinski definition) is 5. The number of nitrogens with two attached hydrogens (primary N) is 1. The monoisotopic (exact) mass is 272 g/mol. The molecule has 0 aliphatic heterocycles. The summed E-state index contributed by atoms with van der Waals surface area (Å²) in [6, 6.07) is 7.36. The molecule has 1 aromatic heterocycles. The number of hydrogen-bond donors (Lipinski definition) is 2. The fourth-order valence-corrected chi connectivity index (χ4v) is 1.25. The summed E-state index contributed by atoms with van der Waals surface area (Å²) in [7, 11) is 0. The van der Waals surface area contributed by atoms with Gasteiger partial charge in [0.15, 0.2) is 0 Å². The van der Waals surface area contributed by atoms with Crippen LogP contribution in [0.15, 0.2) is 35.7 Å². The third-order valence-electron chi connectivity index (χ3n) is 1.85. The maximum absolute atomic E-state index is 5.94. The lowest BCUT2D eigenvalue weighted by Crippen LogP contribution is -2.10. The number of benzene rings is 1. The SMILES string of the molecule is Cl.Nn1cnnc1N/N=C/c1ccccc1Cl. The van der Waals surface area contributed by atoms with Crippen LogP contribution < -0.4 is 11.3 Å². The van der Waals surface area contributed by atoms with Crippen molar-refractivity contribution < 1.29 is 0 Å². The lowest BCUT2D eigenvalue weighted by Gasteiger charge is -1.98. The number of nitrogens with one attached hydrogen (secondary N) is 1. The van der Waals surface area contributed by atoms with Gasteiger partial charge in [-0.1, -0.05) is 29.8 Å². The van der Waals surface area contributed by atoms with Gasteiger partial charge in [0, 0.05) is 10.6 Å². The maximum atomic E-state index is 5.94. The van der Waals surface area contributed by atoms with Gasteiger partial charge < -0.3 is 5.84 Å². The lowest BCUT2D eigenvalue weighted by atomic mass is 10.2. The normalized spacial score (nSPS) is 10.2. The minimum atomic E-state index is 0. The average molecular weight is 273 g/mol. The van der Waals surface area contributed by atoms with Gasteiger partial charge in [0.2, 0.25) is 0 Å². The molecule has 2 aromatic rings. The van der Waals surface area contributed by atoms with Crippen LogP contribution >= 0.6 is 24.0 Å². The Morgan fingerprint density at radius 1 is 1.41 bits per heavy atom. The zero-order chi connectivity index (χ0) is 11.4. The van der Waals surface area contributed by atoms with Crippen LogP contribution in [0.25, 0.3) is 0 Å². The van der Waals surface area contributed by atoms with Gasteiger partial charge in [-0.15, -0.1) is 22.6 Å². The minimum Gasteiger partial charge on any atom is -0.335 e. The van der Waals surface area contributed by atoms with Gasteiger partial charge in [0.05, 0.1) is 6.21 Å². The van der Waals surface area contributed by atoms with Crippen LogP contribution in [0.2, 0.25) is 5.02 Å². The predicted octanol–water partition coefficient (Wildman–Crippen LogP) is 1.51. The molecule has 1 aromatic carbocycles. The van der Waals surface area contributed by atoms with E-state index in [0.29, 0.717) is 11.0 Å². The van der Waals surface area contributed by atoms with E-state index >= 15 is 0 Å². The molecule has 0 aliphatic rings. The number of nitrogen functional groups attached to an aromatic ring is 1. The number of aromatic nitrogens is 3. The predicted molar refractivity (Wildman–Crippen MR) is 70.1 cm³/mol. The third-order valence-corrected chi connectivity index (χ3v) is 2.19. The van der Waals surface area contributed by atoms with Crippen molar-refractivity contribution in [2.24, 2.45) is 5.10 Å². The largest absolute Gasteiger partial charge is 0.335 e. The van der Waals surface area contributed by atoms with Gasteiger partial charge in [-0.25, -0.2) is 10.1 Å². The van der Waals surface area contributed by atoms with Crippen molar-refractivity contribution in [3.8, 4) is 0 Å². The summed E-state index contributed by atoms with van der Waals surface area (Å²) in [4.78, 5) is 0. The van der Waals surface area contributed by atoms with Crippen molar-refractivity contribution in [2.45, 2.75) is 0 Å². The molecule has 90 valence electrons. The molecule has 0 amide bonds. The van der Waals surface area contributed by atoms with Crippen LogP contribution in [0, 0.1) is 0 Å². The molecule has 3 N–H and O–H groups in total.